The van der Waals surface area contributed by atoms with Crippen molar-refractivity contribution >= 4 is 22.0 Å². The van der Waals surface area contributed by atoms with Crippen molar-refractivity contribution in [3.05, 3.63) is 42.0 Å². The maximum atomic E-state index is 12.0. The molecule has 0 bridgehead atoms. The fourth-order valence-electron chi connectivity index (χ4n) is 2.66. The number of piperidine rings is 1. The van der Waals surface area contributed by atoms with E-state index in [4.69, 9.17) is 0 Å². The van der Waals surface area contributed by atoms with Gasteiger partial charge in [0.05, 0.1) is 6.26 Å². The Bertz CT molecular complexity index is 641. The molecule has 6 heteroatoms. The van der Waals surface area contributed by atoms with Crippen LogP contribution in [0.5, 0.6) is 0 Å². The largest absolute Gasteiger partial charge is 0.352 e. The molecule has 1 fully saturated rings. The number of hydrogen-bond donors (Lipinski definition) is 1. The molecule has 0 spiro atoms. The number of amides is 1. The Labute approximate surface area is 138 Å². The van der Waals surface area contributed by atoms with Gasteiger partial charge in [0.2, 0.25) is 15.9 Å². The monoisotopic (exact) mass is 336 g/mol. The molecule has 126 valence electrons. The van der Waals surface area contributed by atoms with Crippen molar-refractivity contribution in [2.24, 2.45) is 0 Å². The number of benzene rings is 1. The Morgan fingerprint density at radius 1 is 1.35 bits per heavy atom. The number of rotatable bonds is 6. The second-order valence-electron chi connectivity index (χ2n) is 5.88. The van der Waals surface area contributed by atoms with Crippen LogP contribution in [-0.4, -0.2) is 44.0 Å². The van der Waals surface area contributed by atoms with Crippen LogP contribution in [0.1, 0.15) is 31.2 Å². The first-order valence-electron chi connectivity index (χ1n) is 7.91. The molecule has 1 amide bonds. The molecule has 0 aromatic heterocycles. The molecule has 1 aromatic rings. The molecule has 0 unspecified atom stereocenters. The van der Waals surface area contributed by atoms with E-state index < -0.39 is 10.0 Å². The number of sulfonamides is 1. The summed E-state index contributed by atoms with van der Waals surface area (Å²) in [6.45, 7) is 0.926. The van der Waals surface area contributed by atoms with Crippen LogP contribution in [0.3, 0.4) is 0 Å². The zero-order valence-electron chi connectivity index (χ0n) is 13.4. The van der Waals surface area contributed by atoms with E-state index in [9.17, 15) is 13.2 Å². The van der Waals surface area contributed by atoms with Crippen molar-refractivity contribution in [1.82, 2.24) is 9.62 Å². The number of carbonyl (C=O) groups excluding carboxylic acids is 1. The van der Waals surface area contributed by atoms with Gasteiger partial charge < -0.3 is 5.32 Å². The minimum atomic E-state index is -3.18. The van der Waals surface area contributed by atoms with Gasteiger partial charge in [0.15, 0.2) is 0 Å². The molecule has 1 aromatic carbocycles. The minimum Gasteiger partial charge on any atom is -0.352 e. The zero-order chi connectivity index (χ0) is 16.7. The predicted molar refractivity (Wildman–Crippen MR) is 92.3 cm³/mol. The molecule has 1 N–H and O–H groups in total. The fourth-order valence-corrected chi connectivity index (χ4v) is 3.57. The molecule has 1 atom stereocenters. The van der Waals surface area contributed by atoms with Crippen molar-refractivity contribution in [1.29, 1.82) is 0 Å². The number of carbonyl (C=O) groups is 1. The van der Waals surface area contributed by atoms with E-state index in [1.165, 1.54) is 10.6 Å². The highest BCUT2D eigenvalue weighted by molar-refractivity contribution is 7.88. The van der Waals surface area contributed by atoms with E-state index in [0.717, 1.165) is 18.4 Å². The van der Waals surface area contributed by atoms with Crippen molar-refractivity contribution in [3.63, 3.8) is 0 Å². The van der Waals surface area contributed by atoms with Gasteiger partial charge in [-0.1, -0.05) is 42.5 Å². The topological polar surface area (TPSA) is 66.5 Å². The molecule has 1 aliphatic rings. The zero-order valence-corrected chi connectivity index (χ0v) is 14.3. The predicted octanol–water partition coefficient (Wildman–Crippen LogP) is 2.02. The van der Waals surface area contributed by atoms with Gasteiger partial charge in [0.1, 0.15) is 0 Å². The lowest BCUT2D eigenvalue weighted by Gasteiger charge is -2.31. The lowest BCUT2D eigenvalue weighted by atomic mass is 10.1. The average Bonchev–Trinajstić information content (AvgIpc) is 2.52. The van der Waals surface area contributed by atoms with Crippen molar-refractivity contribution in [2.45, 2.75) is 31.7 Å². The maximum Gasteiger partial charge on any atom is 0.220 e. The Hall–Kier alpha value is -1.66. The second kappa shape index (κ2) is 8.26. The molecule has 0 aliphatic carbocycles. The molecule has 1 saturated heterocycles. The highest BCUT2D eigenvalue weighted by Gasteiger charge is 2.26. The molecular formula is C17H24N2O3S. The third-order valence-electron chi connectivity index (χ3n) is 3.87. The van der Waals surface area contributed by atoms with Crippen molar-refractivity contribution in [3.8, 4) is 0 Å². The summed E-state index contributed by atoms with van der Waals surface area (Å²) >= 11 is 0. The van der Waals surface area contributed by atoms with Gasteiger partial charge in [-0.25, -0.2) is 12.7 Å². The van der Waals surface area contributed by atoms with Gasteiger partial charge in [0, 0.05) is 25.6 Å². The summed E-state index contributed by atoms with van der Waals surface area (Å²) in [5.74, 6) is -0.0249. The second-order valence-corrected chi connectivity index (χ2v) is 7.86. The fraction of sp³-hybridized carbons (Fsp3) is 0.471. The SMILES string of the molecule is CS(=O)(=O)N1CCC[C@H](NC(=O)CC/C=C/c2ccccc2)C1. The third-order valence-corrected chi connectivity index (χ3v) is 5.14. The molecule has 1 heterocycles. The first-order valence-corrected chi connectivity index (χ1v) is 9.76. The standard InChI is InChI=1S/C17H24N2O3S/c1-23(21,22)19-13-7-11-16(14-19)18-17(20)12-6-5-10-15-8-3-2-4-9-15/h2-5,8-10,16H,6-7,11-14H2,1H3,(H,18,20)/b10-5+/t16-/m0/s1. The first kappa shape index (κ1) is 17.7. The van der Waals surface area contributed by atoms with Gasteiger partial charge in [-0.05, 0) is 24.8 Å². The lowest BCUT2D eigenvalue weighted by Crippen LogP contribution is -2.49. The minimum absolute atomic E-state index is 0.0249. The van der Waals surface area contributed by atoms with Crippen LogP contribution in [0.4, 0.5) is 0 Å². The van der Waals surface area contributed by atoms with Crippen LogP contribution >= 0.6 is 0 Å². The Morgan fingerprint density at radius 3 is 2.78 bits per heavy atom. The first-order chi connectivity index (χ1) is 10.9. The number of nitrogens with zero attached hydrogens (tertiary/aromatic N) is 1. The summed E-state index contributed by atoms with van der Waals surface area (Å²) in [6, 6.07) is 9.86. The van der Waals surface area contributed by atoms with Gasteiger partial charge >= 0.3 is 0 Å². The number of nitrogens with one attached hydrogen (secondary N) is 1. The van der Waals surface area contributed by atoms with Gasteiger partial charge in [-0.2, -0.15) is 0 Å². The summed E-state index contributed by atoms with van der Waals surface area (Å²) in [6.07, 6.45) is 7.90. The summed E-state index contributed by atoms with van der Waals surface area (Å²) in [5.41, 5.74) is 1.11. The highest BCUT2D eigenvalue weighted by atomic mass is 32.2. The highest BCUT2D eigenvalue weighted by Crippen LogP contribution is 2.13. The van der Waals surface area contributed by atoms with E-state index in [0.29, 0.717) is 25.9 Å². The summed E-state index contributed by atoms with van der Waals surface area (Å²) < 4.78 is 24.6. The van der Waals surface area contributed by atoms with E-state index in [2.05, 4.69) is 5.32 Å². The number of hydrogen-bond acceptors (Lipinski definition) is 3. The Kier molecular flexibility index (Phi) is 6.36. The van der Waals surface area contributed by atoms with Crippen LogP contribution in [0.25, 0.3) is 6.08 Å². The molecule has 0 saturated carbocycles. The van der Waals surface area contributed by atoms with Crippen molar-refractivity contribution < 1.29 is 13.2 Å². The molecule has 1 aliphatic heterocycles. The molecule has 23 heavy (non-hydrogen) atoms. The van der Waals surface area contributed by atoms with Crippen LogP contribution < -0.4 is 5.32 Å². The van der Waals surface area contributed by atoms with Crippen LogP contribution in [0.15, 0.2) is 36.4 Å². The Morgan fingerprint density at radius 2 is 2.09 bits per heavy atom. The van der Waals surface area contributed by atoms with Gasteiger partial charge in [-0.3, -0.25) is 4.79 Å². The van der Waals surface area contributed by atoms with Crippen LogP contribution in [0.2, 0.25) is 0 Å². The normalized spacial score (nSPS) is 19.8. The molecule has 2 rings (SSSR count). The third kappa shape index (κ3) is 6.15. The molecular weight excluding hydrogens is 312 g/mol. The summed E-state index contributed by atoms with van der Waals surface area (Å²) in [5, 5.41) is 2.94. The summed E-state index contributed by atoms with van der Waals surface area (Å²) in [7, 11) is -3.18. The molecule has 0 radical (unpaired) electrons. The number of allylic oxidation sites excluding steroid dienone is 1. The van der Waals surface area contributed by atoms with Crippen molar-refractivity contribution in [2.75, 3.05) is 19.3 Å². The van der Waals surface area contributed by atoms with E-state index in [-0.39, 0.29) is 11.9 Å². The quantitative estimate of drug-likeness (QED) is 0.864. The van der Waals surface area contributed by atoms with E-state index >= 15 is 0 Å². The average molecular weight is 336 g/mol. The van der Waals surface area contributed by atoms with Crippen LogP contribution in [-0.2, 0) is 14.8 Å². The summed E-state index contributed by atoms with van der Waals surface area (Å²) in [4.78, 5) is 12.0. The Balaban J connectivity index is 1.73. The molecule has 5 nitrogen and oxygen atoms in total. The van der Waals surface area contributed by atoms with E-state index in [1.807, 2.05) is 42.5 Å². The van der Waals surface area contributed by atoms with Gasteiger partial charge in [-0.15, -0.1) is 0 Å². The lowest BCUT2D eigenvalue weighted by molar-refractivity contribution is -0.122. The van der Waals surface area contributed by atoms with Crippen LogP contribution in [0, 0.1) is 0 Å². The smallest absolute Gasteiger partial charge is 0.220 e. The maximum absolute atomic E-state index is 12.0. The van der Waals surface area contributed by atoms with Gasteiger partial charge in [0.25, 0.3) is 0 Å². The van der Waals surface area contributed by atoms with E-state index in [1.54, 1.807) is 0 Å².